The quantitative estimate of drug-likeness (QED) is 0.477. The van der Waals surface area contributed by atoms with Crippen LogP contribution in [0.2, 0.25) is 5.15 Å². The molecule has 5 nitrogen and oxygen atoms in total. The topological polar surface area (TPSA) is 68.1 Å². The molecule has 0 saturated carbocycles. The molecule has 2 rings (SSSR count). The Kier molecular flexibility index (Phi) is 5.57. The summed E-state index contributed by atoms with van der Waals surface area (Å²) in [6.45, 7) is 9.34. The van der Waals surface area contributed by atoms with E-state index in [4.69, 9.17) is 11.6 Å². The van der Waals surface area contributed by atoms with Gasteiger partial charge in [-0.3, -0.25) is 10.1 Å². The average Bonchev–Trinajstić information content (AvgIpc) is 2.51. The number of hydrogen-bond acceptors (Lipinski definition) is 4. The van der Waals surface area contributed by atoms with E-state index in [0.29, 0.717) is 29.0 Å². The van der Waals surface area contributed by atoms with E-state index in [1.54, 1.807) is 12.1 Å². The van der Waals surface area contributed by atoms with Gasteiger partial charge >= 0.3 is 0 Å². The van der Waals surface area contributed by atoms with Crippen LogP contribution in [-0.2, 0) is 6.54 Å². The number of nitro groups is 1. The second-order valence-electron chi connectivity index (χ2n) is 6.96. The molecule has 1 heterocycles. The van der Waals surface area contributed by atoms with Gasteiger partial charge in [0, 0.05) is 30.3 Å². The summed E-state index contributed by atoms with van der Waals surface area (Å²) in [5.41, 5.74) is 2.49. The van der Waals surface area contributed by atoms with Gasteiger partial charge in [0.2, 0.25) is 0 Å². The Morgan fingerprint density at radius 2 is 2.00 bits per heavy atom. The fraction of sp³-hybridized carbons (Fsp3) is 0.389. The molecule has 0 amide bonds. The van der Waals surface area contributed by atoms with Crippen molar-refractivity contribution in [3.8, 4) is 11.3 Å². The van der Waals surface area contributed by atoms with Crippen LogP contribution in [0.25, 0.3) is 11.3 Å². The van der Waals surface area contributed by atoms with Crippen LogP contribution in [-0.4, -0.2) is 15.9 Å². The van der Waals surface area contributed by atoms with Crippen molar-refractivity contribution in [2.24, 2.45) is 5.41 Å². The van der Waals surface area contributed by atoms with Crippen LogP contribution in [0.3, 0.4) is 0 Å². The highest BCUT2D eigenvalue weighted by atomic mass is 35.5. The molecule has 128 valence electrons. The Morgan fingerprint density at radius 1 is 1.29 bits per heavy atom. The van der Waals surface area contributed by atoms with Crippen molar-refractivity contribution in [3.05, 3.63) is 57.2 Å². The molecule has 0 aliphatic heterocycles. The molecule has 0 saturated heterocycles. The molecule has 1 N–H and O–H groups in total. The third-order valence-electron chi connectivity index (χ3n) is 4.12. The van der Waals surface area contributed by atoms with Crippen LogP contribution in [0.4, 0.5) is 5.69 Å². The highest BCUT2D eigenvalue weighted by molar-refractivity contribution is 6.29. The number of non-ortho nitro benzene ring substituents is 1. The normalized spacial score (nSPS) is 12.9. The van der Waals surface area contributed by atoms with Gasteiger partial charge < -0.3 is 5.32 Å². The smallest absolute Gasteiger partial charge is 0.270 e. The molecule has 1 atom stereocenters. The van der Waals surface area contributed by atoms with E-state index in [-0.39, 0.29) is 11.1 Å². The molecule has 6 heteroatoms. The second-order valence-corrected chi connectivity index (χ2v) is 7.35. The maximum Gasteiger partial charge on any atom is 0.270 e. The number of hydrogen-bond donors (Lipinski definition) is 1. The van der Waals surface area contributed by atoms with Crippen molar-refractivity contribution >= 4 is 17.3 Å². The van der Waals surface area contributed by atoms with Gasteiger partial charge in [0.25, 0.3) is 5.69 Å². The van der Waals surface area contributed by atoms with Crippen LogP contribution in [0.15, 0.2) is 36.4 Å². The molecule has 1 aromatic carbocycles. The number of rotatable bonds is 5. The molecule has 0 bridgehead atoms. The second kappa shape index (κ2) is 7.28. The van der Waals surface area contributed by atoms with E-state index < -0.39 is 4.92 Å². The van der Waals surface area contributed by atoms with Gasteiger partial charge in [-0.2, -0.15) is 0 Å². The summed E-state index contributed by atoms with van der Waals surface area (Å²) in [6, 6.07) is 10.5. The van der Waals surface area contributed by atoms with Gasteiger partial charge in [0.05, 0.1) is 10.6 Å². The minimum Gasteiger partial charge on any atom is -0.310 e. The summed E-state index contributed by atoms with van der Waals surface area (Å²) in [6.07, 6.45) is 0. The van der Waals surface area contributed by atoms with Gasteiger partial charge in [-0.15, -0.1) is 0 Å². The number of benzene rings is 1. The molecule has 2 aromatic rings. The van der Waals surface area contributed by atoms with E-state index in [2.05, 4.69) is 38.0 Å². The van der Waals surface area contributed by atoms with Crippen LogP contribution in [0.1, 0.15) is 33.3 Å². The lowest BCUT2D eigenvalue weighted by Gasteiger charge is -2.28. The minimum atomic E-state index is -0.415. The first-order valence-electron chi connectivity index (χ1n) is 7.81. The molecule has 1 unspecified atom stereocenters. The number of nitrogens with one attached hydrogen (secondary N) is 1. The number of nitrogens with zero attached hydrogens (tertiary/aromatic N) is 2. The van der Waals surface area contributed by atoms with Gasteiger partial charge in [-0.1, -0.05) is 44.5 Å². The summed E-state index contributed by atoms with van der Waals surface area (Å²) in [5.74, 6) is 0. The lowest BCUT2D eigenvalue weighted by molar-refractivity contribution is -0.384. The molecule has 24 heavy (non-hydrogen) atoms. The molecule has 0 fully saturated rings. The van der Waals surface area contributed by atoms with Crippen molar-refractivity contribution in [1.82, 2.24) is 10.3 Å². The Labute approximate surface area is 147 Å². The lowest BCUT2D eigenvalue weighted by atomic mass is 9.88. The highest BCUT2D eigenvalue weighted by Crippen LogP contribution is 2.25. The number of aromatic nitrogens is 1. The van der Waals surface area contributed by atoms with Crippen LogP contribution < -0.4 is 5.32 Å². The monoisotopic (exact) mass is 347 g/mol. The van der Waals surface area contributed by atoms with Crippen LogP contribution in [0.5, 0.6) is 0 Å². The van der Waals surface area contributed by atoms with E-state index in [0.717, 1.165) is 5.56 Å². The fourth-order valence-electron chi connectivity index (χ4n) is 2.16. The summed E-state index contributed by atoms with van der Waals surface area (Å²) in [5, 5.41) is 14.8. The first kappa shape index (κ1) is 18.4. The Balaban J connectivity index is 2.26. The SMILES string of the molecule is CC(NCc1cc(Cl)nc(-c2cccc([N+](=O)[O-])c2)c1)C(C)(C)C. The third-order valence-corrected chi connectivity index (χ3v) is 4.31. The standard InChI is InChI=1S/C18H22ClN3O2/c1-12(18(2,3)4)20-11-13-8-16(21-17(19)9-13)14-6-5-7-15(10-14)22(23)24/h5-10,12,20H,11H2,1-4H3. The molecule has 0 aliphatic rings. The third kappa shape index (κ3) is 4.76. The van der Waals surface area contributed by atoms with Gasteiger partial charge in [-0.25, -0.2) is 4.98 Å². The molecular formula is C18H22ClN3O2. The van der Waals surface area contributed by atoms with Crippen molar-refractivity contribution in [3.63, 3.8) is 0 Å². The molecule has 0 spiro atoms. The number of pyridine rings is 1. The Morgan fingerprint density at radius 3 is 2.62 bits per heavy atom. The predicted octanol–water partition coefficient (Wildman–Crippen LogP) is 4.83. The average molecular weight is 348 g/mol. The van der Waals surface area contributed by atoms with Gasteiger partial charge in [0.1, 0.15) is 5.15 Å². The number of halogens is 1. The minimum absolute atomic E-state index is 0.0373. The molecule has 1 aromatic heterocycles. The Bertz CT molecular complexity index is 741. The van der Waals surface area contributed by atoms with Crippen LogP contribution >= 0.6 is 11.6 Å². The number of nitro benzene ring substituents is 1. The van der Waals surface area contributed by atoms with Crippen molar-refractivity contribution in [2.75, 3.05) is 0 Å². The zero-order valence-corrected chi connectivity index (χ0v) is 15.1. The summed E-state index contributed by atoms with van der Waals surface area (Å²) >= 11 is 6.13. The zero-order valence-electron chi connectivity index (χ0n) is 14.3. The zero-order chi connectivity index (χ0) is 17.9. The maximum absolute atomic E-state index is 10.9. The van der Waals surface area contributed by atoms with Crippen molar-refractivity contribution in [2.45, 2.75) is 40.3 Å². The summed E-state index contributed by atoms with van der Waals surface area (Å²) < 4.78 is 0. The maximum atomic E-state index is 10.9. The molecule has 0 aliphatic carbocycles. The highest BCUT2D eigenvalue weighted by Gasteiger charge is 2.19. The molecular weight excluding hydrogens is 326 g/mol. The van der Waals surface area contributed by atoms with Crippen molar-refractivity contribution in [1.29, 1.82) is 0 Å². The fourth-order valence-corrected chi connectivity index (χ4v) is 2.39. The van der Waals surface area contributed by atoms with Gasteiger partial charge in [-0.05, 0) is 30.0 Å². The lowest BCUT2D eigenvalue weighted by Crippen LogP contribution is -2.37. The predicted molar refractivity (Wildman–Crippen MR) is 97.1 cm³/mol. The van der Waals surface area contributed by atoms with E-state index >= 15 is 0 Å². The van der Waals surface area contributed by atoms with Crippen molar-refractivity contribution < 1.29 is 4.92 Å². The van der Waals surface area contributed by atoms with E-state index in [9.17, 15) is 10.1 Å². The van der Waals surface area contributed by atoms with E-state index in [1.165, 1.54) is 12.1 Å². The summed E-state index contributed by atoms with van der Waals surface area (Å²) in [7, 11) is 0. The molecule has 0 radical (unpaired) electrons. The largest absolute Gasteiger partial charge is 0.310 e. The van der Waals surface area contributed by atoms with E-state index in [1.807, 2.05) is 12.1 Å². The van der Waals surface area contributed by atoms with Crippen LogP contribution in [0, 0.1) is 15.5 Å². The Hall–Kier alpha value is -1.98. The van der Waals surface area contributed by atoms with Gasteiger partial charge in [0.15, 0.2) is 0 Å². The first-order valence-corrected chi connectivity index (χ1v) is 8.19. The summed E-state index contributed by atoms with van der Waals surface area (Å²) in [4.78, 5) is 14.8. The first-order chi connectivity index (χ1) is 11.2.